The molecule has 6 rings (SSSR count). The number of esters is 12. The highest BCUT2D eigenvalue weighted by Crippen LogP contribution is 2.42. The van der Waals surface area contributed by atoms with E-state index in [-0.39, 0.29) is 19.3 Å². The second-order valence-electron chi connectivity index (χ2n) is 29.2. The van der Waals surface area contributed by atoms with Gasteiger partial charge < -0.3 is 104 Å². The normalized spacial score (nSPS) is 34.6. The van der Waals surface area contributed by atoms with Crippen LogP contribution in [0.3, 0.4) is 0 Å². The van der Waals surface area contributed by atoms with Gasteiger partial charge in [-0.25, -0.2) is 0 Å². The van der Waals surface area contributed by atoms with Crippen molar-refractivity contribution in [1.82, 2.24) is 0 Å². The fraction of sp³-hybridized carbons (Fsp3) is 0.844. The van der Waals surface area contributed by atoms with Gasteiger partial charge in [0.1, 0.15) is 31.0 Å². The van der Waals surface area contributed by atoms with Crippen molar-refractivity contribution in [2.45, 2.75) is 406 Å². The van der Waals surface area contributed by atoms with Crippen LogP contribution in [0.4, 0.5) is 0 Å². The number of unbranched alkanes of at least 4 members (excludes halogenated alkanes) is 6. The highest BCUT2D eigenvalue weighted by atomic mass is 16.8. The Bertz CT molecular complexity index is 3040. The van der Waals surface area contributed by atoms with Gasteiger partial charge in [0.15, 0.2) is 105 Å². The number of rotatable bonds is 30. The Labute approximate surface area is 649 Å². The van der Waals surface area contributed by atoms with Crippen LogP contribution in [0.5, 0.6) is 0 Å². The molecule has 0 saturated carbocycles. The van der Waals surface area contributed by atoms with Gasteiger partial charge in [-0.1, -0.05) is 111 Å². The van der Waals surface area contributed by atoms with E-state index in [0.29, 0.717) is 44.9 Å². The SMILES string of the molecule is CCCCCCCCCC(=O)O[C@H]1[C@H](O[C@@H]2[C@@H](OC(C)=O)[C@H]3OC(=O)CCCCCCCCC[C@H](CCC)O[C@@H]4O[C@H](C)[C@H](OC(C)=O)[C@H](OC(C)=O)[C@H]4O[C@@H]3O[C@H]2C)O[C@@H](C)[C@H](O[C@@H]2O[C@@H](C)[C@H](OC(=O)[C@@H](C)CC)[C@@H](OC(C)=O)[C@H]2OC(C)=O)[C@H]1O[C@@H]1O[C@H](COC(C)=O)[C@@H](OC(C)=O)[C@H](OC(C)=O)[C@H]1OC(C)=O. The maximum Gasteiger partial charge on any atom is 0.309 e. The quantitative estimate of drug-likeness (QED) is 0.0374. The monoisotopic (exact) mass is 1590 g/mol. The lowest BCUT2D eigenvalue weighted by molar-refractivity contribution is -0.400. The van der Waals surface area contributed by atoms with Crippen LogP contribution in [0.25, 0.3) is 0 Å². The van der Waals surface area contributed by atoms with Crippen LogP contribution < -0.4 is 0 Å². The minimum Gasteiger partial charge on any atom is -0.463 e. The molecule has 632 valence electrons. The van der Waals surface area contributed by atoms with E-state index in [1.54, 1.807) is 20.8 Å². The Kier molecular flexibility index (Phi) is 38.5. The van der Waals surface area contributed by atoms with Crippen LogP contribution in [0, 0.1) is 5.92 Å². The van der Waals surface area contributed by atoms with Gasteiger partial charge in [-0.05, 0) is 59.8 Å². The molecule has 0 N–H and O–H groups in total. The standard InChI is InChI=1S/C77H120O34/c1-18-21-22-23-25-29-32-37-56(88)106-70-65(110-77-68(102-52(17)86)66(100-50(15)84)61(96-46(11)80)54(104-77)38-90-44(9)78)60(109-74-67(101-51(16)85)63(98-48(13)82)58(41(6)92-74)107-72(89)39(4)20-3)43(8)93-75(70)108-59-42(7)94-76-69(64(59)99-49(14)83)105-55(87)36-33-30-27-24-26-28-31-35-53(34-19-2)103-73-71(111-76)62(97-47(12)81)57(40(5)91-73)95-45(10)79/h39-43,53-54,57-71,73-77H,18-38H2,1-17H3/t39-,40+,41-,42-,43-,53-,54+,57-,58-,59-,60-,61+,62-,63+,64+,65+,66-,67+,68+,69+,70+,71+,73-,74-,75-,76-,77-/m0/s1. The molecule has 0 aliphatic carbocycles. The largest absolute Gasteiger partial charge is 0.463 e. The molecule has 27 atom stereocenters. The van der Waals surface area contributed by atoms with Crippen molar-refractivity contribution in [3.63, 3.8) is 0 Å². The van der Waals surface area contributed by atoms with E-state index in [4.69, 9.17) is 104 Å². The number of hydrogen-bond donors (Lipinski definition) is 0. The van der Waals surface area contributed by atoms with Crippen LogP contribution in [-0.4, -0.2) is 238 Å². The first kappa shape index (κ1) is 93.1. The number of fused-ring (bicyclic) bond motifs is 2. The summed E-state index contributed by atoms with van der Waals surface area (Å²) in [5.74, 6) is -11.5. The lowest BCUT2D eigenvalue weighted by atomic mass is 9.94. The number of carbonyl (C=O) groups is 12. The summed E-state index contributed by atoms with van der Waals surface area (Å²) in [7, 11) is 0. The first-order valence-electron chi connectivity index (χ1n) is 39.3. The van der Waals surface area contributed by atoms with Crippen molar-refractivity contribution in [2.24, 2.45) is 5.92 Å². The number of hydrogen-bond acceptors (Lipinski definition) is 34. The summed E-state index contributed by atoms with van der Waals surface area (Å²) >= 11 is 0. The lowest BCUT2D eigenvalue weighted by Gasteiger charge is -2.52. The Hall–Kier alpha value is -6.76. The average Bonchev–Trinajstić information content (AvgIpc) is 0.759. The predicted octanol–water partition coefficient (Wildman–Crippen LogP) is 7.88. The molecule has 0 aromatic heterocycles. The van der Waals surface area contributed by atoms with E-state index in [0.717, 1.165) is 127 Å². The fourth-order valence-corrected chi connectivity index (χ4v) is 14.4. The molecule has 34 heteroatoms. The molecule has 6 aliphatic rings. The van der Waals surface area contributed by atoms with Gasteiger partial charge in [-0.15, -0.1) is 0 Å². The van der Waals surface area contributed by atoms with Crippen LogP contribution in [0.2, 0.25) is 0 Å². The highest BCUT2D eigenvalue weighted by molar-refractivity contribution is 5.73. The molecule has 111 heavy (non-hydrogen) atoms. The second kappa shape index (κ2) is 46.0. The van der Waals surface area contributed by atoms with Gasteiger partial charge in [0, 0.05) is 75.2 Å². The topological polar surface area (TPSA) is 408 Å². The summed E-state index contributed by atoms with van der Waals surface area (Å²) in [6, 6.07) is 0. The molecule has 6 saturated heterocycles. The van der Waals surface area contributed by atoms with Gasteiger partial charge in [-0.3, -0.25) is 57.5 Å². The van der Waals surface area contributed by atoms with E-state index in [1.807, 2.05) is 6.92 Å². The molecule has 0 aromatic rings. The third-order valence-corrected chi connectivity index (χ3v) is 19.7. The van der Waals surface area contributed by atoms with Crippen molar-refractivity contribution >= 4 is 71.6 Å². The van der Waals surface area contributed by atoms with Crippen LogP contribution in [-0.2, 0) is 162 Å². The van der Waals surface area contributed by atoms with Gasteiger partial charge in [-0.2, -0.15) is 0 Å². The molecule has 0 aromatic carbocycles. The van der Waals surface area contributed by atoms with Gasteiger partial charge in [0.25, 0.3) is 0 Å². The van der Waals surface area contributed by atoms with Crippen molar-refractivity contribution in [3.05, 3.63) is 0 Å². The Morgan fingerprint density at radius 3 is 1.32 bits per heavy atom. The molecule has 0 bridgehead atoms. The smallest absolute Gasteiger partial charge is 0.309 e. The second-order valence-corrected chi connectivity index (χ2v) is 29.2. The number of ether oxygens (including phenoxy) is 22. The van der Waals surface area contributed by atoms with E-state index in [1.165, 1.54) is 20.8 Å². The summed E-state index contributed by atoms with van der Waals surface area (Å²) in [4.78, 5) is 162. The van der Waals surface area contributed by atoms with Crippen molar-refractivity contribution < 1.29 is 162 Å². The van der Waals surface area contributed by atoms with Gasteiger partial charge in [0.2, 0.25) is 0 Å². The maximum atomic E-state index is 15.1. The molecule has 0 radical (unpaired) electrons. The van der Waals surface area contributed by atoms with Gasteiger partial charge >= 0.3 is 71.6 Å². The van der Waals surface area contributed by atoms with Crippen molar-refractivity contribution in [1.29, 1.82) is 0 Å². The van der Waals surface area contributed by atoms with E-state index in [9.17, 15) is 52.7 Å². The Morgan fingerprint density at radius 1 is 0.378 bits per heavy atom. The summed E-state index contributed by atoms with van der Waals surface area (Å²) in [5.41, 5.74) is 0. The van der Waals surface area contributed by atoms with E-state index >= 15 is 4.79 Å². The predicted molar refractivity (Wildman–Crippen MR) is 380 cm³/mol. The van der Waals surface area contributed by atoms with Crippen molar-refractivity contribution in [2.75, 3.05) is 6.61 Å². The summed E-state index contributed by atoms with van der Waals surface area (Å²) in [6.07, 6.45) is -30.4. The lowest BCUT2D eigenvalue weighted by Crippen LogP contribution is -2.69. The minimum absolute atomic E-state index is 0.164. The molecule has 34 nitrogen and oxygen atoms in total. The van der Waals surface area contributed by atoms with E-state index in [2.05, 4.69) is 6.92 Å². The van der Waals surface area contributed by atoms with Crippen LogP contribution in [0.1, 0.15) is 246 Å². The first-order chi connectivity index (χ1) is 52.6. The van der Waals surface area contributed by atoms with E-state index < -0.39 is 244 Å². The Morgan fingerprint density at radius 2 is 0.784 bits per heavy atom. The maximum absolute atomic E-state index is 15.1. The average molecular weight is 1590 g/mol. The molecular formula is C77H120O34. The molecule has 0 amide bonds. The van der Waals surface area contributed by atoms with Crippen LogP contribution >= 0.6 is 0 Å². The van der Waals surface area contributed by atoms with Crippen LogP contribution in [0.15, 0.2) is 0 Å². The zero-order valence-corrected chi connectivity index (χ0v) is 67.3. The molecule has 0 unspecified atom stereocenters. The first-order valence-corrected chi connectivity index (χ1v) is 39.3. The highest BCUT2D eigenvalue weighted by Gasteiger charge is 2.62. The van der Waals surface area contributed by atoms with Crippen molar-refractivity contribution in [3.8, 4) is 0 Å². The fourth-order valence-electron chi connectivity index (χ4n) is 14.4. The zero-order valence-electron chi connectivity index (χ0n) is 67.3. The molecule has 0 spiro atoms. The number of carbonyl (C=O) groups excluding carboxylic acids is 12. The molecule has 6 heterocycles. The third kappa shape index (κ3) is 28.6. The molecular weight excluding hydrogens is 1470 g/mol. The minimum atomic E-state index is -2.12. The van der Waals surface area contributed by atoms with Gasteiger partial charge in [0.05, 0.1) is 36.4 Å². The zero-order chi connectivity index (χ0) is 81.9. The Balaban J connectivity index is 1.61. The summed E-state index contributed by atoms with van der Waals surface area (Å²) in [6.45, 7) is 22.2. The molecule has 6 aliphatic heterocycles. The third-order valence-electron chi connectivity index (χ3n) is 19.7. The summed E-state index contributed by atoms with van der Waals surface area (Å²) in [5, 5.41) is 0. The molecule has 6 fully saturated rings. The summed E-state index contributed by atoms with van der Waals surface area (Å²) < 4.78 is 140.